The largest absolute Gasteiger partial charge is 0.341 e. The Labute approximate surface area is 168 Å². The number of rotatable bonds is 3. The summed E-state index contributed by atoms with van der Waals surface area (Å²) in [6.45, 7) is 1.65. The van der Waals surface area contributed by atoms with Crippen LogP contribution in [0.5, 0.6) is 0 Å². The van der Waals surface area contributed by atoms with E-state index in [0.29, 0.717) is 17.4 Å². The van der Waals surface area contributed by atoms with Gasteiger partial charge < -0.3 is 4.90 Å². The summed E-state index contributed by atoms with van der Waals surface area (Å²) >= 11 is 5.90. The van der Waals surface area contributed by atoms with Gasteiger partial charge >= 0.3 is 0 Å². The van der Waals surface area contributed by atoms with Gasteiger partial charge in [-0.1, -0.05) is 23.7 Å². The SMILES string of the molecule is O=C(Cc1ccc(Cl)cc1)N1CC2(CC(c3ccnc4ccc(F)cc34)C2)C1. The number of pyridine rings is 1. The fourth-order valence-corrected chi connectivity index (χ4v) is 4.91. The van der Waals surface area contributed by atoms with Gasteiger partial charge in [0.15, 0.2) is 0 Å². The second-order valence-electron chi connectivity index (χ2n) is 8.22. The first kappa shape index (κ1) is 17.6. The summed E-state index contributed by atoms with van der Waals surface area (Å²) in [5.41, 5.74) is 3.25. The number of halogens is 2. The zero-order valence-corrected chi connectivity index (χ0v) is 16.1. The number of aromatic nitrogens is 1. The van der Waals surface area contributed by atoms with Gasteiger partial charge in [-0.3, -0.25) is 9.78 Å². The summed E-state index contributed by atoms with van der Waals surface area (Å²) < 4.78 is 13.7. The molecule has 3 nitrogen and oxygen atoms in total. The highest BCUT2D eigenvalue weighted by atomic mass is 35.5. The number of carbonyl (C=O) groups is 1. The number of hydrogen-bond acceptors (Lipinski definition) is 2. The first-order valence-electron chi connectivity index (χ1n) is 9.58. The third kappa shape index (κ3) is 3.06. The van der Waals surface area contributed by atoms with Crippen molar-refractivity contribution in [3.8, 4) is 0 Å². The van der Waals surface area contributed by atoms with E-state index in [1.165, 1.54) is 11.6 Å². The van der Waals surface area contributed by atoms with Crippen LogP contribution in [0, 0.1) is 11.2 Å². The topological polar surface area (TPSA) is 33.2 Å². The Balaban J connectivity index is 1.22. The normalized spacial score (nSPS) is 18.1. The Bertz CT molecular complexity index is 1050. The minimum atomic E-state index is -0.224. The van der Waals surface area contributed by atoms with Gasteiger partial charge in [0, 0.05) is 35.1 Å². The van der Waals surface area contributed by atoms with Crippen LogP contribution in [0.3, 0.4) is 0 Å². The molecule has 0 radical (unpaired) electrons. The fourth-order valence-electron chi connectivity index (χ4n) is 4.79. The van der Waals surface area contributed by atoms with Crippen molar-refractivity contribution in [2.45, 2.75) is 25.2 Å². The minimum Gasteiger partial charge on any atom is -0.341 e. The van der Waals surface area contributed by atoms with E-state index in [9.17, 15) is 9.18 Å². The van der Waals surface area contributed by atoms with Crippen LogP contribution in [0.4, 0.5) is 4.39 Å². The number of benzene rings is 2. The van der Waals surface area contributed by atoms with E-state index in [1.54, 1.807) is 12.1 Å². The predicted octanol–water partition coefficient (Wildman–Crippen LogP) is 4.98. The summed E-state index contributed by atoms with van der Waals surface area (Å²) in [7, 11) is 0. The third-order valence-electron chi connectivity index (χ3n) is 6.21. The predicted molar refractivity (Wildman–Crippen MR) is 108 cm³/mol. The number of likely N-dealkylation sites (tertiary alicyclic amines) is 1. The van der Waals surface area contributed by atoms with Crippen LogP contribution in [0.15, 0.2) is 54.7 Å². The Morgan fingerprint density at radius 1 is 1.14 bits per heavy atom. The molecule has 2 aliphatic rings. The van der Waals surface area contributed by atoms with Crippen molar-refractivity contribution in [3.63, 3.8) is 0 Å². The van der Waals surface area contributed by atoms with E-state index < -0.39 is 0 Å². The van der Waals surface area contributed by atoms with Crippen molar-refractivity contribution in [1.29, 1.82) is 0 Å². The lowest BCUT2D eigenvalue weighted by Gasteiger charge is -2.59. The van der Waals surface area contributed by atoms with E-state index in [2.05, 4.69) is 4.98 Å². The van der Waals surface area contributed by atoms with Crippen LogP contribution in [-0.2, 0) is 11.2 Å². The molecule has 1 aliphatic heterocycles. The van der Waals surface area contributed by atoms with Crippen molar-refractivity contribution >= 4 is 28.4 Å². The molecule has 3 aromatic rings. The van der Waals surface area contributed by atoms with Crippen LogP contribution in [0.2, 0.25) is 5.02 Å². The Kier molecular flexibility index (Phi) is 4.13. The van der Waals surface area contributed by atoms with E-state index in [1.807, 2.05) is 41.4 Å². The van der Waals surface area contributed by atoms with Crippen molar-refractivity contribution in [2.75, 3.05) is 13.1 Å². The van der Waals surface area contributed by atoms with Gasteiger partial charge in [0.25, 0.3) is 0 Å². The smallest absolute Gasteiger partial charge is 0.227 e. The maximum absolute atomic E-state index is 13.7. The molecule has 1 aliphatic carbocycles. The molecule has 5 heteroatoms. The zero-order valence-electron chi connectivity index (χ0n) is 15.4. The number of hydrogen-bond donors (Lipinski definition) is 0. The van der Waals surface area contributed by atoms with Crippen molar-refractivity contribution < 1.29 is 9.18 Å². The highest BCUT2D eigenvalue weighted by Gasteiger charge is 2.53. The molecule has 1 saturated carbocycles. The van der Waals surface area contributed by atoms with Gasteiger partial charge in [-0.25, -0.2) is 4.39 Å². The molecule has 1 amide bonds. The second-order valence-corrected chi connectivity index (χ2v) is 8.66. The average Bonchev–Trinajstić information content (AvgIpc) is 2.61. The third-order valence-corrected chi connectivity index (χ3v) is 6.46. The molecule has 0 bridgehead atoms. The standard InChI is InChI=1S/C23H20ClFN2O/c24-17-3-1-15(2-4-17)9-22(28)27-13-23(14-27)11-16(12-23)19-7-8-26-21-6-5-18(25)10-20(19)21/h1-8,10,16H,9,11-14H2. The molecule has 2 fully saturated rings. The maximum Gasteiger partial charge on any atom is 0.227 e. The first-order valence-corrected chi connectivity index (χ1v) is 9.96. The molecule has 1 aromatic heterocycles. The molecule has 0 unspecified atom stereocenters. The van der Waals surface area contributed by atoms with Crippen molar-refractivity contribution in [1.82, 2.24) is 9.88 Å². The minimum absolute atomic E-state index is 0.174. The van der Waals surface area contributed by atoms with Crippen molar-refractivity contribution in [3.05, 3.63) is 76.7 Å². The van der Waals surface area contributed by atoms with Crippen LogP contribution in [0.1, 0.15) is 29.9 Å². The zero-order chi connectivity index (χ0) is 19.3. The number of fused-ring (bicyclic) bond motifs is 1. The van der Waals surface area contributed by atoms with Crippen LogP contribution >= 0.6 is 11.6 Å². The summed E-state index contributed by atoms with van der Waals surface area (Å²) in [4.78, 5) is 18.8. The Morgan fingerprint density at radius 2 is 1.89 bits per heavy atom. The molecular formula is C23H20ClFN2O. The van der Waals surface area contributed by atoms with E-state index >= 15 is 0 Å². The monoisotopic (exact) mass is 394 g/mol. The van der Waals surface area contributed by atoms with Gasteiger partial charge in [0.2, 0.25) is 5.91 Å². The quantitative estimate of drug-likeness (QED) is 0.628. The first-order chi connectivity index (χ1) is 13.5. The molecule has 142 valence electrons. The van der Waals surface area contributed by atoms with Crippen LogP contribution < -0.4 is 0 Å². The van der Waals surface area contributed by atoms with Gasteiger partial charge in [-0.15, -0.1) is 0 Å². The Hall–Kier alpha value is -2.46. The highest BCUT2D eigenvalue weighted by Crippen LogP contribution is 2.56. The van der Waals surface area contributed by atoms with Crippen LogP contribution in [-0.4, -0.2) is 28.9 Å². The molecule has 2 aromatic carbocycles. The lowest BCUT2D eigenvalue weighted by molar-refractivity contribution is -0.150. The summed E-state index contributed by atoms with van der Waals surface area (Å²) in [6, 6.07) is 14.2. The average molecular weight is 395 g/mol. The lowest BCUT2D eigenvalue weighted by atomic mass is 9.56. The molecule has 2 heterocycles. The number of carbonyl (C=O) groups excluding carboxylic acids is 1. The fraction of sp³-hybridized carbons (Fsp3) is 0.304. The molecule has 5 rings (SSSR count). The van der Waals surface area contributed by atoms with Gasteiger partial charge in [0.05, 0.1) is 11.9 Å². The number of nitrogens with zero attached hydrogens (tertiary/aromatic N) is 2. The molecule has 28 heavy (non-hydrogen) atoms. The molecule has 0 atom stereocenters. The van der Waals surface area contributed by atoms with E-state index in [-0.39, 0.29) is 17.1 Å². The summed E-state index contributed by atoms with van der Waals surface area (Å²) in [5, 5.41) is 1.60. The second kappa shape index (κ2) is 6.56. The van der Waals surface area contributed by atoms with Gasteiger partial charge in [0.1, 0.15) is 5.82 Å². The molecule has 1 saturated heterocycles. The molecule has 0 N–H and O–H groups in total. The Morgan fingerprint density at radius 3 is 2.64 bits per heavy atom. The van der Waals surface area contributed by atoms with Crippen molar-refractivity contribution in [2.24, 2.45) is 5.41 Å². The number of amides is 1. The maximum atomic E-state index is 13.7. The molecule has 1 spiro atoms. The van der Waals surface area contributed by atoms with Crippen LogP contribution in [0.25, 0.3) is 10.9 Å². The molecular weight excluding hydrogens is 375 g/mol. The van der Waals surface area contributed by atoms with Gasteiger partial charge in [-0.2, -0.15) is 0 Å². The van der Waals surface area contributed by atoms with Gasteiger partial charge in [-0.05, 0) is 66.3 Å². The highest BCUT2D eigenvalue weighted by molar-refractivity contribution is 6.30. The van der Waals surface area contributed by atoms with E-state index in [4.69, 9.17) is 11.6 Å². The summed E-state index contributed by atoms with van der Waals surface area (Å²) in [5.74, 6) is 0.368. The van der Waals surface area contributed by atoms with E-state index in [0.717, 1.165) is 42.4 Å². The summed E-state index contributed by atoms with van der Waals surface area (Å²) in [6.07, 6.45) is 4.33. The lowest BCUT2D eigenvalue weighted by Crippen LogP contribution is -2.63.